The van der Waals surface area contributed by atoms with Crippen LogP contribution in [0.4, 0.5) is 28.7 Å². The van der Waals surface area contributed by atoms with Gasteiger partial charge in [-0.1, -0.05) is 71.8 Å². The number of hydrogen-bond acceptors (Lipinski definition) is 26. The van der Waals surface area contributed by atoms with Gasteiger partial charge in [-0.3, -0.25) is 4.98 Å². The lowest BCUT2D eigenvalue weighted by molar-refractivity contribution is 0.224. The normalized spacial score (nSPS) is 25.8. The minimum absolute atomic E-state index is 0.0837. The zero-order valence-electron chi connectivity index (χ0n) is 73.2. The van der Waals surface area contributed by atoms with Crippen molar-refractivity contribution in [2.24, 2.45) is 0 Å². The first-order valence-electron chi connectivity index (χ1n) is 44.9. The lowest BCUT2D eigenvalue weighted by atomic mass is 9.85. The highest BCUT2D eigenvalue weighted by atomic mass is 35.5. The van der Waals surface area contributed by atoms with Gasteiger partial charge in [-0.15, -0.1) is 0 Å². The Morgan fingerprint density at radius 3 is 1.23 bits per heavy atom. The van der Waals surface area contributed by atoms with E-state index >= 15 is 0 Å². The molecule has 10 aliphatic heterocycles. The van der Waals surface area contributed by atoms with Gasteiger partial charge < -0.3 is 24.5 Å². The van der Waals surface area contributed by atoms with Crippen molar-refractivity contribution < 1.29 is 33.7 Å². The minimum atomic E-state index is -3.19. The van der Waals surface area contributed by atoms with Crippen LogP contribution in [-0.4, -0.2) is 228 Å². The predicted octanol–water partition coefficient (Wildman–Crippen LogP) is 11.2. The molecule has 11 atom stereocenters. The molecule has 8 aromatic heterocycles. The molecule has 670 valence electrons. The molecule has 6 saturated heterocycles. The highest BCUT2D eigenvalue weighted by molar-refractivity contribution is 7.89. The van der Waals surface area contributed by atoms with E-state index in [9.17, 15) is 33.7 Å². The average Bonchev–Trinajstić information content (AvgIpc) is 1.72. The van der Waals surface area contributed by atoms with Crippen molar-refractivity contribution in [3.05, 3.63) is 198 Å². The van der Waals surface area contributed by atoms with Gasteiger partial charge in [0.15, 0.2) is 0 Å². The lowest BCUT2D eigenvalue weighted by Gasteiger charge is -2.40. The number of pyridine rings is 3. The van der Waals surface area contributed by atoms with Crippen molar-refractivity contribution in [3.63, 3.8) is 0 Å². The number of rotatable bonds is 13. The molecule has 18 heterocycles. The highest BCUT2D eigenvalue weighted by Gasteiger charge is 2.50. The van der Waals surface area contributed by atoms with Crippen molar-refractivity contribution >= 4 is 116 Å². The number of piperidine rings is 3. The van der Waals surface area contributed by atoms with Crippen LogP contribution in [0.15, 0.2) is 80.3 Å². The van der Waals surface area contributed by atoms with Gasteiger partial charge in [0.25, 0.3) is 0 Å². The summed E-state index contributed by atoms with van der Waals surface area (Å²) in [5, 5.41) is 1.06. The summed E-state index contributed by atoms with van der Waals surface area (Å²) in [5.74, 6) is 2.66. The number of hydrogen-bond donors (Lipinski definition) is 0. The first-order chi connectivity index (χ1) is 61.0. The smallest absolute Gasteiger partial charge is 0.213 e. The first-order valence-corrected chi connectivity index (χ1v) is 52.8. The van der Waals surface area contributed by atoms with Crippen molar-refractivity contribution in [2.75, 3.05) is 88.3 Å². The summed E-state index contributed by atoms with van der Waals surface area (Å²) in [4.78, 5) is 71.7. The number of fused-ring (bicyclic) bond motifs is 12. The molecule has 36 heteroatoms. The molecule has 0 spiro atoms. The largest absolute Gasteiger partial charge is 0.363 e. The summed E-state index contributed by atoms with van der Waals surface area (Å²) >= 11 is 12.8. The molecule has 14 aliphatic rings. The molecule has 3 unspecified atom stereocenters. The van der Waals surface area contributed by atoms with E-state index in [-0.39, 0.29) is 65.8 Å². The van der Waals surface area contributed by atoms with Gasteiger partial charge in [0, 0.05) is 244 Å². The number of nitrogens with zero attached hydrogens (tertiary/aromatic N) is 22. The fraction of sp³-hybridized carbons (Fsp3) is 0.527. The third-order valence-corrected chi connectivity index (χ3v) is 35.0. The third kappa shape index (κ3) is 17.2. The quantitative estimate of drug-likeness (QED) is 0.0968. The van der Waals surface area contributed by atoms with E-state index in [4.69, 9.17) is 38.2 Å². The van der Waals surface area contributed by atoms with Gasteiger partial charge >= 0.3 is 0 Å². The van der Waals surface area contributed by atoms with Crippen LogP contribution in [-0.2, 0) is 118 Å². The van der Waals surface area contributed by atoms with Crippen LogP contribution < -0.4 is 24.5 Å². The predicted molar refractivity (Wildman–Crippen MR) is 494 cm³/mol. The summed E-state index contributed by atoms with van der Waals surface area (Å²) < 4.78 is 105. The van der Waals surface area contributed by atoms with E-state index in [0.717, 1.165) is 243 Å². The molecule has 0 amide bonds. The maximum absolute atomic E-state index is 12.5. The molecule has 127 heavy (non-hydrogen) atoms. The topological polar surface area (TPSA) is 333 Å². The lowest BCUT2D eigenvalue weighted by Crippen LogP contribution is -2.49. The van der Waals surface area contributed by atoms with Crippen molar-refractivity contribution in [3.8, 4) is 0 Å². The SMILES string of the molecule is CCS(=O)(=O)N1CCCC(c2ncnc3c2CN(c2ccnc4c2C=CC4)[C@H](C)C3)C1.C[C@@H]1Cc2ncnc(C3C[C@H]4CC[C@@H](C3)N4S(C)(=O)=O)c2CN1c1cc(Cl)nc2c1C=CC2.C[C@@H]1Cc2ncnc(C3C[C@H]4CC[C@@H](C3)N4S(C)(=O)=O)c2CN1c1cc(Cl)nc2c1C=CC2.C[C@@H]1Cc2ncnc(N3CCN(S(C)(=O)=O)CC3)c2CN1c1ncnc2c1C=CC2. The van der Waals surface area contributed by atoms with Gasteiger partial charge in [-0.25, -0.2) is 97.8 Å². The van der Waals surface area contributed by atoms with Crippen LogP contribution in [0.1, 0.15) is 224 Å². The summed E-state index contributed by atoms with van der Waals surface area (Å²) in [7, 11) is -12.7. The molecule has 0 radical (unpaired) electrons. The van der Waals surface area contributed by atoms with Crippen molar-refractivity contribution in [2.45, 2.75) is 242 Å². The molecule has 4 aliphatic carbocycles. The molecule has 4 bridgehead atoms. The summed E-state index contributed by atoms with van der Waals surface area (Å²) in [6.07, 6.45) is 47.0. The molecule has 0 saturated carbocycles. The Balaban J connectivity index is 0.000000110. The molecule has 0 N–H and O–H groups in total. The van der Waals surface area contributed by atoms with Gasteiger partial charge in [0.05, 0.1) is 93.7 Å². The van der Waals surface area contributed by atoms with Gasteiger partial charge in [-0.2, -0.15) is 12.9 Å². The molecular formula is C91H110Cl2N22O8S4. The van der Waals surface area contributed by atoms with Gasteiger partial charge in [0.2, 0.25) is 40.1 Å². The Hall–Kier alpha value is -8.97. The molecule has 6 fully saturated rings. The zero-order valence-corrected chi connectivity index (χ0v) is 77.9. The highest BCUT2D eigenvalue weighted by Crippen LogP contribution is 2.50. The number of piperazine rings is 1. The Morgan fingerprint density at radius 2 is 0.772 bits per heavy atom. The second-order valence-corrected chi connectivity index (χ2v) is 45.6. The summed E-state index contributed by atoms with van der Waals surface area (Å²) in [5.41, 5.74) is 24.7. The van der Waals surface area contributed by atoms with E-state index in [2.05, 4.69) is 157 Å². The molecule has 0 aromatic carbocycles. The standard InChI is InChI=1S/2C24H28ClN5O2S.C23H29N5O2S.C20H25N7O2S/c2*1-14-8-21-19(12-29(14)22-11-23(25)28-20-5-3-4-18(20)22)24(27-13-26-21)15-9-16-6-7-17(10-15)30(16)33(2,31)32;1-3-31(29,30)27-11-5-6-17(13-27)23-19-14-28(16(2)12-21(19)25-15-26-23)22-9-10-24-20-8-4-7-18(20)22;1-14-10-18-16(11-27(14)20-15-4-3-5-17(15)21-12-24-20)19(23-13-22-18)25-6-8-26(9-7-25)30(2,28)29/h2*3-4,11,13-17H,5-10,12H2,1-2H3;4,7,9-10,15-17H,3,5-6,8,11-14H2,1-2H3;3-4,12-14H,5-11H2,1-2H3/t2*14-,15?,16-,17+;16-,17?;14-/m1111/s1. The maximum Gasteiger partial charge on any atom is 0.213 e. The van der Waals surface area contributed by atoms with E-state index < -0.39 is 40.1 Å². The fourth-order valence-corrected chi connectivity index (χ4v) is 28.1. The Labute approximate surface area is 755 Å². The summed E-state index contributed by atoms with van der Waals surface area (Å²) in [6, 6.07) is 7.53. The molecular weight excluding hydrogens is 1730 g/mol. The second-order valence-electron chi connectivity index (χ2n) is 36.8. The minimum Gasteiger partial charge on any atom is -0.363 e. The maximum atomic E-state index is 12.5. The van der Waals surface area contributed by atoms with E-state index in [1.165, 1.54) is 51.0 Å². The van der Waals surface area contributed by atoms with E-state index in [1.807, 2.05) is 18.3 Å². The number of anilines is 5. The number of allylic oxidation sites excluding steroid dienone is 4. The Morgan fingerprint density at radius 1 is 0.386 bits per heavy atom. The van der Waals surface area contributed by atoms with Crippen LogP contribution in [0, 0.1) is 0 Å². The van der Waals surface area contributed by atoms with Crippen molar-refractivity contribution in [1.82, 2.24) is 82.0 Å². The van der Waals surface area contributed by atoms with Crippen LogP contribution in [0.3, 0.4) is 0 Å². The molecule has 30 nitrogen and oxygen atoms in total. The number of sulfonamides is 4. The van der Waals surface area contributed by atoms with Crippen molar-refractivity contribution in [1.29, 1.82) is 0 Å². The van der Waals surface area contributed by atoms with E-state index in [0.29, 0.717) is 62.2 Å². The van der Waals surface area contributed by atoms with Gasteiger partial charge in [-0.05, 0) is 117 Å². The molecule has 22 rings (SSSR count). The molecule has 8 aromatic rings. The van der Waals surface area contributed by atoms with Gasteiger partial charge in [0.1, 0.15) is 53.6 Å². The fourth-order valence-electron chi connectivity index (χ4n) is 22.8. The van der Waals surface area contributed by atoms with Crippen LogP contribution >= 0.6 is 23.2 Å². The third-order valence-electron chi connectivity index (χ3n) is 28.8. The monoisotopic (exact) mass is 1840 g/mol. The van der Waals surface area contributed by atoms with Crippen LogP contribution in [0.2, 0.25) is 10.3 Å². The number of aromatic nitrogens is 13. The van der Waals surface area contributed by atoms with E-state index in [1.54, 1.807) is 51.5 Å². The van der Waals surface area contributed by atoms with Crippen LogP contribution in [0.25, 0.3) is 24.3 Å². The first kappa shape index (κ1) is 87.4. The van der Waals surface area contributed by atoms with Crippen LogP contribution in [0.5, 0.6) is 0 Å². The Kier molecular flexibility index (Phi) is 24.1. The second kappa shape index (κ2) is 35.0. The Bertz CT molecular complexity index is 6040. The zero-order chi connectivity index (χ0) is 88.3. The average molecular weight is 1840 g/mol. The number of halogens is 2. The summed E-state index contributed by atoms with van der Waals surface area (Å²) in [6.45, 7) is 16.8.